The van der Waals surface area contributed by atoms with Gasteiger partial charge in [-0.2, -0.15) is 0 Å². The number of hydrogen-bond donors (Lipinski definition) is 1. The first-order valence-electron chi connectivity index (χ1n) is 5.70. The summed E-state index contributed by atoms with van der Waals surface area (Å²) in [6.45, 7) is 8.20. The van der Waals surface area contributed by atoms with Gasteiger partial charge in [-0.25, -0.2) is 0 Å². The van der Waals surface area contributed by atoms with Crippen molar-refractivity contribution in [1.82, 2.24) is 10.2 Å². The lowest BCUT2D eigenvalue weighted by Gasteiger charge is -2.17. The van der Waals surface area contributed by atoms with Crippen LogP contribution >= 0.6 is 0 Å². The van der Waals surface area contributed by atoms with Gasteiger partial charge in [-0.05, 0) is 12.8 Å². The molecule has 0 aliphatic carbocycles. The van der Waals surface area contributed by atoms with Gasteiger partial charge in [0.1, 0.15) is 0 Å². The quantitative estimate of drug-likeness (QED) is 0.724. The fourth-order valence-electron chi connectivity index (χ4n) is 1.87. The van der Waals surface area contributed by atoms with Gasteiger partial charge in [-0.15, -0.1) is 0 Å². The molecule has 0 aromatic carbocycles. The molecule has 1 rings (SSSR count). The maximum atomic E-state index is 11.8. The van der Waals surface area contributed by atoms with E-state index in [4.69, 9.17) is 0 Å². The fourth-order valence-corrected chi connectivity index (χ4v) is 1.87. The van der Waals surface area contributed by atoms with Crippen molar-refractivity contribution in [3.8, 4) is 0 Å². The second-order valence-electron chi connectivity index (χ2n) is 4.34. The van der Waals surface area contributed by atoms with Crippen molar-refractivity contribution in [3.63, 3.8) is 0 Å². The SMILES string of the molecule is CCCCN1CCC(NC(C)C)C1=O. The van der Waals surface area contributed by atoms with E-state index in [0.29, 0.717) is 11.9 Å². The molecule has 1 aliphatic rings. The Hall–Kier alpha value is -0.570. The smallest absolute Gasteiger partial charge is 0.239 e. The van der Waals surface area contributed by atoms with E-state index >= 15 is 0 Å². The molecular formula is C11H22N2O. The van der Waals surface area contributed by atoms with E-state index in [1.807, 2.05) is 4.90 Å². The van der Waals surface area contributed by atoms with Crippen LogP contribution in [0.4, 0.5) is 0 Å². The molecular weight excluding hydrogens is 176 g/mol. The maximum absolute atomic E-state index is 11.8. The number of carbonyl (C=O) groups excluding carboxylic acids is 1. The van der Waals surface area contributed by atoms with Crippen LogP contribution in [-0.4, -0.2) is 36.0 Å². The molecule has 0 radical (unpaired) electrons. The molecule has 3 nitrogen and oxygen atoms in total. The van der Waals surface area contributed by atoms with Gasteiger partial charge in [0.05, 0.1) is 6.04 Å². The Morgan fingerprint density at radius 1 is 1.57 bits per heavy atom. The van der Waals surface area contributed by atoms with Crippen LogP contribution < -0.4 is 5.32 Å². The fraction of sp³-hybridized carbons (Fsp3) is 0.909. The summed E-state index contributed by atoms with van der Waals surface area (Å²) in [6, 6.07) is 0.474. The Morgan fingerprint density at radius 3 is 2.86 bits per heavy atom. The van der Waals surface area contributed by atoms with E-state index in [1.165, 1.54) is 0 Å². The molecule has 1 unspecified atom stereocenters. The molecule has 0 bridgehead atoms. The molecule has 1 N–H and O–H groups in total. The normalized spacial score (nSPS) is 22.4. The first-order chi connectivity index (χ1) is 6.65. The van der Waals surface area contributed by atoms with Crippen molar-refractivity contribution in [2.75, 3.05) is 13.1 Å². The summed E-state index contributed by atoms with van der Waals surface area (Å²) in [5.41, 5.74) is 0. The van der Waals surface area contributed by atoms with Gasteiger partial charge < -0.3 is 10.2 Å². The molecule has 1 atom stereocenters. The molecule has 0 aromatic heterocycles. The van der Waals surface area contributed by atoms with Crippen LogP contribution in [0.3, 0.4) is 0 Å². The average molecular weight is 198 g/mol. The third kappa shape index (κ3) is 2.98. The van der Waals surface area contributed by atoms with Gasteiger partial charge in [0.25, 0.3) is 0 Å². The number of nitrogens with one attached hydrogen (secondary N) is 1. The number of amides is 1. The summed E-state index contributed by atoms with van der Waals surface area (Å²) in [4.78, 5) is 13.8. The Balaban J connectivity index is 2.35. The van der Waals surface area contributed by atoms with Crippen molar-refractivity contribution in [2.24, 2.45) is 0 Å². The third-order valence-electron chi connectivity index (χ3n) is 2.61. The number of hydrogen-bond acceptors (Lipinski definition) is 2. The van der Waals surface area contributed by atoms with Crippen molar-refractivity contribution in [2.45, 2.75) is 52.1 Å². The largest absolute Gasteiger partial charge is 0.341 e. The second-order valence-corrected chi connectivity index (χ2v) is 4.34. The van der Waals surface area contributed by atoms with Crippen molar-refractivity contribution >= 4 is 5.91 Å². The van der Waals surface area contributed by atoms with Crippen LogP contribution in [0.5, 0.6) is 0 Å². The van der Waals surface area contributed by atoms with E-state index in [0.717, 1.165) is 32.4 Å². The molecule has 1 saturated heterocycles. The topological polar surface area (TPSA) is 32.3 Å². The number of unbranched alkanes of at least 4 members (excludes halogenated alkanes) is 1. The summed E-state index contributed by atoms with van der Waals surface area (Å²) in [6.07, 6.45) is 3.26. The van der Waals surface area contributed by atoms with Gasteiger partial charge in [-0.1, -0.05) is 27.2 Å². The zero-order chi connectivity index (χ0) is 10.6. The van der Waals surface area contributed by atoms with Crippen molar-refractivity contribution in [1.29, 1.82) is 0 Å². The maximum Gasteiger partial charge on any atom is 0.239 e. The van der Waals surface area contributed by atoms with Crippen LogP contribution in [0.2, 0.25) is 0 Å². The van der Waals surface area contributed by atoms with Gasteiger partial charge in [0, 0.05) is 19.1 Å². The molecule has 1 amide bonds. The zero-order valence-corrected chi connectivity index (χ0v) is 9.55. The van der Waals surface area contributed by atoms with E-state index in [2.05, 4.69) is 26.1 Å². The van der Waals surface area contributed by atoms with E-state index in [-0.39, 0.29) is 6.04 Å². The Kier molecular flexibility index (Phi) is 4.39. The van der Waals surface area contributed by atoms with Gasteiger partial charge >= 0.3 is 0 Å². The van der Waals surface area contributed by atoms with E-state index in [1.54, 1.807) is 0 Å². The third-order valence-corrected chi connectivity index (χ3v) is 2.61. The molecule has 0 spiro atoms. The van der Waals surface area contributed by atoms with Crippen molar-refractivity contribution in [3.05, 3.63) is 0 Å². The Labute approximate surface area is 86.9 Å². The molecule has 3 heteroatoms. The van der Waals surface area contributed by atoms with Crippen LogP contribution in [0.1, 0.15) is 40.0 Å². The molecule has 0 aromatic rings. The lowest BCUT2D eigenvalue weighted by molar-refractivity contribution is -0.129. The van der Waals surface area contributed by atoms with Crippen LogP contribution in [-0.2, 0) is 4.79 Å². The average Bonchev–Trinajstić information content (AvgIpc) is 2.45. The molecule has 14 heavy (non-hydrogen) atoms. The lowest BCUT2D eigenvalue weighted by Crippen LogP contribution is -2.41. The number of likely N-dealkylation sites (tertiary alicyclic amines) is 1. The van der Waals surface area contributed by atoms with Crippen LogP contribution in [0.25, 0.3) is 0 Å². The zero-order valence-electron chi connectivity index (χ0n) is 9.55. The summed E-state index contributed by atoms with van der Waals surface area (Å²) in [7, 11) is 0. The van der Waals surface area contributed by atoms with E-state index in [9.17, 15) is 4.79 Å². The highest BCUT2D eigenvalue weighted by Crippen LogP contribution is 2.12. The first-order valence-corrected chi connectivity index (χ1v) is 5.70. The molecule has 0 saturated carbocycles. The lowest BCUT2D eigenvalue weighted by atomic mass is 10.2. The van der Waals surface area contributed by atoms with E-state index < -0.39 is 0 Å². The van der Waals surface area contributed by atoms with Crippen molar-refractivity contribution < 1.29 is 4.79 Å². The van der Waals surface area contributed by atoms with Crippen LogP contribution in [0.15, 0.2) is 0 Å². The highest BCUT2D eigenvalue weighted by Gasteiger charge is 2.30. The minimum absolute atomic E-state index is 0.0758. The first kappa shape index (κ1) is 11.5. The predicted molar refractivity (Wildman–Crippen MR) is 58.2 cm³/mol. The van der Waals surface area contributed by atoms with Gasteiger partial charge in [0.15, 0.2) is 0 Å². The Morgan fingerprint density at radius 2 is 2.29 bits per heavy atom. The van der Waals surface area contributed by atoms with Crippen LogP contribution in [0, 0.1) is 0 Å². The van der Waals surface area contributed by atoms with Gasteiger partial charge in [-0.3, -0.25) is 4.79 Å². The summed E-state index contributed by atoms with van der Waals surface area (Å²) < 4.78 is 0. The second kappa shape index (κ2) is 5.35. The minimum Gasteiger partial charge on any atom is -0.341 e. The monoisotopic (exact) mass is 198 g/mol. The molecule has 1 heterocycles. The predicted octanol–water partition coefficient (Wildman–Crippen LogP) is 1.39. The summed E-state index contributed by atoms with van der Waals surface area (Å²) >= 11 is 0. The molecule has 82 valence electrons. The minimum atomic E-state index is 0.0758. The highest BCUT2D eigenvalue weighted by molar-refractivity contribution is 5.83. The number of rotatable bonds is 5. The number of carbonyl (C=O) groups is 1. The van der Waals surface area contributed by atoms with Gasteiger partial charge in [0.2, 0.25) is 5.91 Å². The summed E-state index contributed by atoms with van der Waals surface area (Å²) in [5.74, 6) is 0.298. The molecule has 1 fully saturated rings. The summed E-state index contributed by atoms with van der Waals surface area (Å²) in [5, 5.41) is 3.31. The molecule has 1 aliphatic heterocycles. The number of nitrogens with zero attached hydrogens (tertiary/aromatic N) is 1. The Bertz CT molecular complexity index is 192. The standard InChI is InChI=1S/C11H22N2O/c1-4-5-7-13-8-6-10(11(13)14)12-9(2)3/h9-10,12H,4-8H2,1-3H3. The highest BCUT2D eigenvalue weighted by atomic mass is 16.2.